The van der Waals surface area contributed by atoms with Crippen LogP contribution in [0.2, 0.25) is 5.02 Å². The molecule has 1 unspecified atom stereocenters. The normalized spacial score (nSPS) is 15.8. The highest BCUT2D eigenvalue weighted by molar-refractivity contribution is 6.33. The number of ketones is 1. The fourth-order valence-electron chi connectivity index (χ4n) is 4.28. The first-order valence-corrected chi connectivity index (χ1v) is 11.4. The van der Waals surface area contributed by atoms with E-state index in [1.54, 1.807) is 43.9 Å². The van der Waals surface area contributed by atoms with Gasteiger partial charge in [-0.2, -0.15) is 0 Å². The Morgan fingerprint density at radius 3 is 2.64 bits per heavy atom. The van der Waals surface area contributed by atoms with E-state index in [-0.39, 0.29) is 30.4 Å². The number of carbonyl (C=O) groups excluding carboxylic acids is 2. The Hall–Kier alpha value is -3.25. The van der Waals surface area contributed by atoms with Crippen molar-refractivity contribution in [1.82, 2.24) is 14.9 Å². The molecule has 0 spiro atoms. The van der Waals surface area contributed by atoms with Crippen molar-refractivity contribution in [2.24, 2.45) is 0 Å². The number of ether oxygens (including phenoxy) is 1. The van der Waals surface area contributed by atoms with E-state index < -0.39 is 0 Å². The summed E-state index contributed by atoms with van der Waals surface area (Å²) in [5.41, 5.74) is 3.29. The van der Waals surface area contributed by atoms with Gasteiger partial charge in [-0.3, -0.25) is 9.59 Å². The monoisotopic (exact) mass is 463 g/mol. The van der Waals surface area contributed by atoms with Gasteiger partial charge in [0, 0.05) is 59.8 Å². The lowest BCUT2D eigenvalue weighted by molar-refractivity contribution is -0.132. The quantitative estimate of drug-likeness (QED) is 0.452. The van der Waals surface area contributed by atoms with Crippen LogP contribution in [0.4, 0.5) is 0 Å². The standard InChI is InChI=1S/C26H26ClN3O3/c1-33-20-10-8-18(9-11-20)24(31)12-13-25(32)30-14-4-5-19(16-30)26-22(15-28-17-29-26)21-6-2-3-7-23(21)27/h2-3,6-11,15,17,19H,4-5,12-14,16H2,1H3. The number of likely N-dealkylation sites (tertiary alicyclic amines) is 1. The van der Waals surface area contributed by atoms with Gasteiger partial charge in [0.2, 0.25) is 5.91 Å². The van der Waals surface area contributed by atoms with Crippen LogP contribution < -0.4 is 4.74 Å². The Morgan fingerprint density at radius 1 is 1.09 bits per heavy atom. The largest absolute Gasteiger partial charge is 0.497 e. The van der Waals surface area contributed by atoms with Crippen molar-refractivity contribution in [3.8, 4) is 16.9 Å². The van der Waals surface area contributed by atoms with Gasteiger partial charge < -0.3 is 9.64 Å². The average molecular weight is 464 g/mol. The Kier molecular flexibility index (Phi) is 7.35. The van der Waals surface area contributed by atoms with Gasteiger partial charge in [-0.25, -0.2) is 9.97 Å². The van der Waals surface area contributed by atoms with E-state index in [2.05, 4.69) is 9.97 Å². The number of rotatable bonds is 7. The Balaban J connectivity index is 1.42. The van der Waals surface area contributed by atoms with Crippen LogP contribution in [0.15, 0.2) is 61.1 Å². The van der Waals surface area contributed by atoms with Crippen molar-refractivity contribution < 1.29 is 14.3 Å². The number of amides is 1. The second-order valence-electron chi connectivity index (χ2n) is 8.13. The maximum absolute atomic E-state index is 12.9. The molecule has 1 aliphatic rings. The zero-order valence-electron chi connectivity index (χ0n) is 18.5. The lowest BCUT2D eigenvalue weighted by Gasteiger charge is -2.33. The molecule has 4 rings (SSSR count). The number of halogens is 1. The molecule has 1 aliphatic heterocycles. The summed E-state index contributed by atoms with van der Waals surface area (Å²) in [4.78, 5) is 36.1. The smallest absolute Gasteiger partial charge is 0.223 e. The maximum atomic E-state index is 12.9. The number of nitrogens with zero attached hydrogens (tertiary/aromatic N) is 3. The van der Waals surface area contributed by atoms with Crippen molar-refractivity contribution in [3.05, 3.63) is 77.3 Å². The van der Waals surface area contributed by atoms with E-state index in [1.807, 2.05) is 29.2 Å². The molecule has 0 saturated carbocycles. The van der Waals surface area contributed by atoms with Gasteiger partial charge in [-0.05, 0) is 43.2 Å². The second-order valence-corrected chi connectivity index (χ2v) is 8.54. The number of aromatic nitrogens is 2. The molecule has 7 heteroatoms. The Bertz CT molecular complexity index is 1130. The molecule has 2 aromatic carbocycles. The highest BCUT2D eigenvalue weighted by atomic mass is 35.5. The Morgan fingerprint density at radius 2 is 1.88 bits per heavy atom. The topological polar surface area (TPSA) is 72.4 Å². The van der Waals surface area contributed by atoms with E-state index in [1.165, 1.54) is 0 Å². The molecule has 0 N–H and O–H groups in total. The number of hydrogen-bond acceptors (Lipinski definition) is 5. The van der Waals surface area contributed by atoms with Gasteiger partial charge in [0.1, 0.15) is 12.1 Å². The lowest BCUT2D eigenvalue weighted by Crippen LogP contribution is -2.39. The molecule has 2 heterocycles. The summed E-state index contributed by atoms with van der Waals surface area (Å²) in [6, 6.07) is 14.6. The molecule has 0 aliphatic carbocycles. The summed E-state index contributed by atoms with van der Waals surface area (Å²) in [5.74, 6) is 0.739. The highest BCUT2D eigenvalue weighted by Crippen LogP contribution is 2.35. The molecule has 1 saturated heterocycles. The zero-order chi connectivity index (χ0) is 23.2. The summed E-state index contributed by atoms with van der Waals surface area (Å²) >= 11 is 6.43. The van der Waals surface area contributed by atoms with E-state index in [9.17, 15) is 9.59 Å². The molecule has 1 atom stereocenters. The summed E-state index contributed by atoms with van der Waals surface area (Å²) in [5, 5.41) is 0.648. The number of methoxy groups -OCH3 is 1. The molecular formula is C26H26ClN3O3. The number of hydrogen-bond donors (Lipinski definition) is 0. The summed E-state index contributed by atoms with van der Waals surface area (Å²) in [7, 11) is 1.58. The van der Waals surface area contributed by atoms with Crippen LogP contribution in [0.1, 0.15) is 47.7 Å². The summed E-state index contributed by atoms with van der Waals surface area (Å²) < 4.78 is 5.13. The van der Waals surface area contributed by atoms with Crippen LogP contribution in [0.25, 0.3) is 11.1 Å². The summed E-state index contributed by atoms with van der Waals surface area (Å²) in [6.07, 6.45) is 5.53. The van der Waals surface area contributed by atoms with Gasteiger partial charge >= 0.3 is 0 Å². The van der Waals surface area contributed by atoms with Crippen LogP contribution >= 0.6 is 11.6 Å². The highest BCUT2D eigenvalue weighted by Gasteiger charge is 2.28. The van der Waals surface area contributed by atoms with Crippen LogP contribution in [-0.2, 0) is 4.79 Å². The van der Waals surface area contributed by atoms with E-state index >= 15 is 0 Å². The molecule has 1 amide bonds. The molecule has 0 radical (unpaired) electrons. The minimum Gasteiger partial charge on any atom is -0.497 e. The van der Waals surface area contributed by atoms with Crippen molar-refractivity contribution in [1.29, 1.82) is 0 Å². The van der Waals surface area contributed by atoms with Gasteiger partial charge in [0.05, 0.1) is 12.8 Å². The second kappa shape index (κ2) is 10.6. The molecule has 170 valence electrons. The van der Waals surface area contributed by atoms with Crippen LogP contribution in [-0.4, -0.2) is 46.8 Å². The van der Waals surface area contributed by atoms with Crippen LogP contribution in [0.3, 0.4) is 0 Å². The third kappa shape index (κ3) is 5.40. The van der Waals surface area contributed by atoms with Gasteiger partial charge in [-0.1, -0.05) is 29.8 Å². The minimum atomic E-state index is -0.0450. The van der Waals surface area contributed by atoms with Gasteiger partial charge in [0.15, 0.2) is 5.78 Å². The van der Waals surface area contributed by atoms with Crippen LogP contribution in [0, 0.1) is 0 Å². The first kappa shape index (κ1) is 22.9. The molecule has 3 aromatic rings. The molecule has 1 aromatic heterocycles. The van der Waals surface area contributed by atoms with E-state index in [0.29, 0.717) is 29.4 Å². The van der Waals surface area contributed by atoms with E-state index in [4.69, 9.17) is 16.3 Å². The van der Waals surface area contributed by atoms with Crippen molar-refractivity contribution in [2.75, 3.05) is 20.2 Å². The van der Waals surface area contributed by atoms with Crippen molar-refractivity contribution >= 4 is 23.3 Å². The van der Waals surface area contributed by atoms with Gasteiger partial charge in [0.25, 0.3) is 0 Å². The predicted octanol–water partition coefficient (Wildman–Crippen LogP) is 5.17. The third-order valence-corrected chi connectivity index (χ3v) is 6.38. The Labute approximate surface area is 198 Å². The first-order chi connectivity index (χ1) is 16.1. The molecule has 33 heavy (non-hydrogen) atoms. The number of piperidine rings is 1. The number of Topliss-reactive ketones (excluding diaryl/α,β-unsaturated/α-hetero) is 1. The molecule has 1 fully saturated rings. The third-order valence-electron chi connectivity index (χ3n) is 6.05. The fourth-order valence-corrected chi connectivity index (χ4v) is 4.52. The predicted molar refractivity (Wildman–Crippen MR) is 128 cm³/mol. The molecular weight excluding hydrogens is 438 g/mol. The lowest BCUT2D eigenvalue weighted by atomic mass is 9.89. The molecule has 6 nitrogen and oxygen atoms in total. The van der Waals surface area contributed by atoms with Crippen molar-refractivity contribution in [3.63, 3.8) is 0 Å². The van der Waals surface area contributed by atoms with Crippen LogP contribution in [0.5, 0.6) is 5.75 Å². The maximum Gasteiger partial charge on any atom is 0.223 e. The average Bonchev–Trinajstić information content (AvgIpc) is 2.87. The fraction of sp³-hybridized carbons (Fsp3) is 0.308. The summed E-state index contributed by atoms with van der Waals surface area (Å²) in [6.45, 7) is 1.27. The zero-order valence-corrected chi connectivity index (χ0v) is 19.3. The minimum absolute atomic E-state index is 0.00471. The van der Waals surface area contributed by atoms with Gasteiger partial charge in [-0.15, -0.1) is 0 Å². The number of carbonyl (C=O) groups is 2. The molecule has 0 bridgehead atoms. The first-order valence-electron chi connectivity index (χ1n) is 11.1. The number of benzene rings is 2. The van der Waals surface area contributed by atoms with Crippen molar-refractivity contribution in [2.45, 2.75) is 31.6 Å². The van der Waals surface area contributed by atoms with E-state index in [0.717, 1.165) is 29.7 Å². The SMILES string of the molecule is COc1ccc(C(=O)CCC(=O)N2CCCC(c3ncncc3-c3ccccc3Cl)C2)cc1.